The van der Waals surface area contributed by atoms with Gasteiger partial charge in [0, 0.05) is 6.54 Å². The van der Waals surface area contributed by atoms with E-state index in [1.807, 2.05) is 0 Å². The largest absolute Gasteiger partial charge is 0.480 e. The highest BCUT2D eigenvalue weighted by Gasteiger charge is 2.20. The highest BCUT2D eigenvalue weighted by Crippen LogP contribution is 2.29. The standard InChI is InChI=1S/C13H24N2O4/c1-9-2-4-10(5-3-9)6-7-14-13(19)15-11(8-16)12(17)18/h9-11,16H,2-8H2,1H3,(H,17,18)(H2,14,15,19). The number of nitrogens with one attached hydrogen (secondary N) is 2. The summed E-state index contributed by atoms with van der Waals surface area (Å²) in [5.74, 6) is 0.233. The molecule has 1 saturated carbocycles. The van der Waals surface area contributed by atoms with Crippen molar-refractivity contribution in [1.29, 1.82) is 0 Å². The van der Waals surface area contributed by atoms with Crippen molar-refractivity contribution in [1.82, 2.24) is 10.6 Å². The van der Waals surface area contributed by atoms with Crippen molar-refractivity contribution in [2.75, 3.05) is 13.2 Å². The summed E-state index contributed by atoms with van der Waals surface area (Å²) >= 11 is 0. The van der Waals surface area contributed by atoms with Crippen LogP contribution in [0.2, 0.25) is 0 Å². The third kappa shape index (κ3) is 5.92. The van der Waals surface area contributed by atoms with E-state index >= 15 is 0 Å². The molecule has 0 aliphatic heterocycles. The summed E-state index contributed by atoms with van der Waals surface area (Å²) in [6, 6.07) is -1.78. The van der Waals surface area contributed by atoms with E-state index < -0.39 is 24.6 Å². The molecular weight excluding hydrogens is 248 g/mol. The van der Waals surface area contributed by atoms with Gasteiger partial charge in [-0.3, -0.25) is 0 Å². The van der Waals surface area contributed by atoms with Crippen LogP contribution in [0, 0.1) is 11.8 Å². The first-order valence-electron chi connectivity index (χ1n) is 6.91. The second-order valence-electron chi connectivity index (χ2n) is 5.39. The van der Waals surface area contributed by atoms with E-state index in [0.717, 1.165) is 12.3 Å². The van der Waals surface area contributed by atoms with Crippen molar-refractivity contribution in [3.8, 4) is 0 Å². The maximum absolute atomic E-state index is 11.4. The van der Waals surface area contributed by atoms with Gasteiger partial charge in [0.15, 0.2) is 6.04 Å². The Kier molecular flexibility index (Phi) is 6.62. The number of rotatable bonds is 6. The minimum absolute atomic E-state index is 0.536. The summed E-state index contributed by atoms with van der Waals surface area (Å²) in [5.41, 5.74) is 0. The summed E-state index contributed by atoms with van der Waals surface area (Å²) < 4.78 is 0. The van der Waals surface area contributed by atoms with Gasteiger partial charge >= 0.3 is 12.0 Å². The van der Waals surface area contributed by atoms with Crippen molar-refractivity contribution in [3.05, 3.63) is 0 Å². The second kappa shape index (κ2) is 7.99. The smallest absolute Gasteiger partial charge is 0.328 e. The monoisotopic (exact) mass is 272 g/mol. The lowest BCUT2D eigenvalue weighted by Gasteiger charge is -2.26. The van der Waals surface area contributed by atoms with Crippen molar-refractivity contribution >= 4 is 12.0 Å². The Bertz CT molecular complexity index is 301. The molecule has 0 heterocycles. The van der Waals surface area contributed by atoms with Crippen LogP contribution < -0.4 is 10.6 Å². The van der Waals surface area contributed by atoms with Gasteiger partial charge < -0.3 is 20.8 Å². The number of hydrogen-bond acceptors (Lipinski definition) is 3. The molecule has 0 aromatic carbocycles. The summed E-state index contributed by atoms with van der Waals surface area (Å²) in [5, 5.41) is 22.3. The van der Waals surface area contributed by atoms with E-state index in [-0.39, 0.29) is 0 Å². The first kappa shape index (κ1) is 15.8. The number of aliphatic hydroxyl groups is 1. The molecule has 1 unspecified atom stereocenters. The summed E-state index contributed by atoms with van der Waals surface area (Å²) in [6.45, 7) is 2.20. The van der Waals surface area contributed by atoms with E-state index in [1.54, 1.807) is 0 Å². The molecule has 2 amide bonds. The zero-order valence-corrected chi connectivity index (χ0v) is 11.4. The van der Waals surface area contributed by atoms with Crippen LogP contribution in [0.15, 0.2) is 0 Å². The van der Waals surface area contributed by atoms with Crippen molar-refractivity contribution in [2.24, 2.45) is 11.8 Å². The van der Waals surface area contributed by atoms with Crippen LogP contribution >= 0.6 is 0 Å². The SMILES string of the molecule is CC1CCC(CCNC(=O)NC(CO)C(=O)O)CC1. The van der Waals surface area contributed by atoms with Crippen molar-refractivity contribution < 1.29 is 19.8 Å². The van der Waals surface area contributed by atoms with Crippen LogP contribution in [-0.4, -0.2) is 41.4 Å². The molecule has 0 aromatic rings. The van der Waals surface area contributed by atoms with Gasteiger partial charge in [-0.2, -0.15) is 0 Å². The van der Waals surface area contributed by atoms with E-state index in [1.165, 1.54) is 25.7 Å². The first-order chi connectivity index (χ1) is 9.02. The highest BCUT2D eigenvalue weighted by atomic mass is 16.4. The number of hydrogen-bond donors (Lipinski definition) is 4. The third-order valence-corrected chi connectivity index (χ3v) is 3.76. The zero-order chi connectivity index (χ0) is 14.3. The molecule has 1 fully saturated rings. The predicted octanol–water partition coefficient (Wildman–Crippen LogP) is 0.947. The number of carboxylic acid groups (broad SMARTS) is 1. The van der Waals surface area contributed by atoms with Gasteiger partial charge in [0.2, 0.25) is 0 Å². The molecule has 0 spiro atoms. The van der Waals surface area contributed by atoms with Crippen LogP contribution in [0.25, 0.3) is 0 Å². The maximum atomic E-state index is 11.4. The Balaban J connectivity index is 2.15. The van der Waals surface area contributed by atoms with E-state index in [0.29, 0.717) is 12.5 Å². The van der Waals surface area contributed by atoms with E-state index in [2.05, 4.69) is 17.6 Å². The lowest BCUT2D eigenvalue weighted by molar-refractivity contribution is -0.140. The molecule has 6 nitrogen and oxygen atoms in total. The molecule has 1 rings (SSSR count). The molecule has 110 valence electrons. The molecule has 4 N–H and O–H groups in total. The summed E-state index contributed by atoms with van der Waals surface area (Å²) in [6.07, 6.45) is 5.85. The molecule has 1 aliphatic carbocycles. The molecule has 6 heteroatoms. The van der Waals surface area contributed by atoms with Gasteiger partial charge in [-0.1, -0.05) is 32.6 Å². The zero-order valence-electron chi connectivity index (χ0n) is 11.4. The highest BCUT2D eigenvalue weighted by molar-refractivity contribution is 5.82. The Morgan fingerprint density at radius 2 is 1.89 bits per heavy atom. The minimum atomic E-state index is -1.24. The first-order valence-corrected chi connectivity index (χ1v) is 6.91. The fourth-order valence-corrected chi connectivity index (χ4v) is 2.40. The van der Waals surface area contributed by atoms with Crippen LogP contribution in [0.5, 0.6) is 0 Å². The van der Waals surface area contributed by atoms with Gasteiger partial charge in [0.25, 0.3) is 0 Å². The average molecular weight is 272 g/mol. The average Bonchev–Trinajstić information content (AvgIpc) is 2.38. The number of aliphatic hydroxyl groups excluding tert-OH is 1. The topological polar surface area (TPSA) is 98.7 Å². The Morgan fingerprint density at radius 1 is 1.26 bits per heavy atom. The molecule has 1 atom stereocenters. The van der Waals surface area contributed by atoms with Crippen LogP contribution in [-0.2, 0) is 4.79 Å². The van der Waals surface area contributed by atoms with Gasteiger partial charge in [0.1, 0.15) is 0 Å². The number of urea groups is 1. The van der Waals surface area contributed by atoms with Crippen molar-refractivity contribution in [3.63, 3.8) is 0 Å². The molecule has 19 heavy (non-hydrogen) atoms. The lowest BCUT2D eigenvalue weighted by atomic mass is 9.81. The van der Waals surface area contributed by atoms with E-state index in [9.17, 15) is 9.59 Å². The molecule has 0 saturated heterocycles. The number of carbonyl (C=O) groups is 2. The Hall–Kier alpha value is -1.30. The van der Waals surface area contributed by atoms with Gasteiger partial charge in [-0.05, 0) is 18.3 Å². The van der Waals surface area contributed by atoms with Crippen LogP contribution in [0.4, 0.5) is 4.79 Å². The number of carbonyl (C=O) groups excluding carboxylic acids is 1. The molecule has 1 aliphatic rings. The number of carboxylic acids is 1. The summed E-state index contributed by atoms with van der Waals surface area (Å²) in [4.78, 5) is 22.0. The number of aliphatic carboxylic acids is 1. The fourth-order valence-electron chi connectivity index (χ4n) is 2.40. The predicted molar refractivity (Wildman–Crippen MR) is 70.8 cm³/mol. The fraction of sp³-hybridized carbons (Fsp3) is 0.846. The van der Waals surface area contributed by atoms with Crippen molar-refractivity contribution in [2.45, 2.75) is 45.1 Å². The van der Waals surface area contributed by atoms with E-state index in [4.69, 9.17) is 10.2 Å². The number of amides is 2. The Morgan fingerprint density at radius 3 is 2.42 bits per heavy atom. The minimum Gasteiger partial charge on any atom is -0.480 e. The van der Waals surface area contributed by atoms with Crippen LogP contribution in [0.3, 0.4) is 0 Å². The van der Waals surface area contributed by atoms with Crippen LogP contribution in [0.1, 0.15) is 39.0 Å². The molecule has 0 radical (unpaired) electrons. The lowest BCUT2D eigenvalue weighted by Crippen LogP contribution is -2.48. The maximum Gasteiger partial charge on any atom is 0.328 e. The molecule has 0 aromatic heterocycles. The second-order valence-corrected chi connectivity index (χ2v) is 5.39. The molecular formula is C13H24N2O4. The van der Waals surface area contributed by atoms with Gasteiger partial charge in [-0.15, -0.1) is 0 Å². The third-order valence-electron chi connectivity index (χ3n) is 3.76. The van der Waals surface area contributed by atoms with Gasteiger partial charge in [0.05, 0.1) is 6.61 Å². The summed E-state index contributed by atoms with van der Waals surface area (Å²) in [7, 11) is 0. The Labute approximate surface area is 113 Å². The van der Waals surface area contributed by atoms with Gasteiger partial charge in [-0.25, -0.2) is 9.59 Å². The quantitative estimate of drug-likeness (QED) is 0.578. The normalized spacial score (nSPS) is 24.5. The molecule has 0 bridgehead atoms.